The van der Waals surface area contributed by atoms with Crippen LogP contribution in [-0.4, -0.2) is 41.3 Å². The molecule has 15 heavy (non-hydrogen) atoms. The highest BCUT2D eigenvalue weighted by molar-refractivity contribution is 7.99. The van der Waals surface area contributed by atoms with Gasteiger partial charge in [0.2, 0.25) is 0 Å². The number of nitrogens with zero attached hydrogens (tertiary/aromatic N) is 1. The standard InChI is InChI=1S/C12H23NOS/c1-10-9-13(7-8-15-10)6-5-11(14)12(2,3)4/h10H,5-9H2,1-4H3. The van der Waals surface area contributed by atoms with E-state index < -0.39 is 0 Å². The predicted molar refractivity (Wildman–Crippen MR) is 67.4 cm³/mol. The van der Waals surface area contributed by atoms with Gasteiger partial charge in [0.05, 0.1) is 0 Å². The lowest BCUT2D eigenvalue weighted by Gasteiger charge is -2.30. The number of hydrogen-bond acceptors (Lipinski definition) is 3. The third-order valence-corrected chi connectivity index (χ3v) is 3.95. The van der Waals surface area contributed by atoms with E-state index in [-0.39, 0.29) is 5.41 Å². The van der Waals surface area contributed by atoms with Crippen LogP contribution in [0.1, 0.15) is 34.1 Å². The van der Waals surface area contributed by atoms with Crippen molar-refractivity contribution in [3.63, 3.8) is 0 Å². The lowest BCUT2D eigenvalue weighted by atomic mass is 9.89. The van der Waals surface area contributed by atoms with Gasteiger partial charge in [0.1, 0.15) is 5.78 Å². The highest BCUT2D eigenvalue weighted by Crippen LogP contribution is 2.20. The first kappa shape index (κ1) is 13.0. The number of thioether (sulfide) groups is 1. The summed E-state index contributed by atoms with van der Waals surface area (Å²) in [7, 11) is 0. The summed E-state index contributed by atoms with van der Waals surface area (Å²) in [5, 5.41) is 0.725. The highest BCUT2D eigenvalue weighted by atomic mass is 32.2. The summed E-state index contributed by atoms with van der Waals surface area (Å²) in [5.41, 5.74) is -0.170. The number of carbonyl (C=O) groups is 1. The van der Waals surface area contributed by atoms with Crippen molar-refractivity contribution >= 4 is 17.5 Å². The number of rotatable bonds is 3. The average molecular weight is 229 g/mol. The zero-order valence-electron chi connectivity index (χ0n) is 10.4. The second-order valence-electron chi connectivity index (χ2n) is 5.41. The van der Waals surface area contributed by atoms with Crippen molar-refractivity contribution in [1.82, 2.24) is 4.90 Å². The molecule has 1 aliphatic rings. The molecule has 1 fully saturated rings. The summed E-state index contributed by atoms with van der Waals surface area (Å²) >= 11 is 2.04. The third-order valence-electron chi connectivity index (χ3n) is 2.82. The van der Waals surface area contributed by atoms with Crippen LogP contribution in [0.2, 0.25) is 0 Å². The van der Waals surface area contributed by atoms with Crippen molar-refractivity contribution in [2.24, 2.45) is 5.41 Å². The van der Waals surface area contributed by atoms with Gasteiger partial charge in [0.25, 0.3) is 0 Å². The summed E-state index contributed by atoms with van der Waals surface area (Å²) in [5.74, 6) is 1.60. The fourth-order valence-electron chi connectivity index (χ4n) is 1.73. The van der Waals surface area contributed by atoms with Gasteiger partial charge in [-0.1, -0.05) is 27.7 Å². The molecule has 0 spiro atoms. The summed E-state index contributed by atoms with van der Waals surface area (Å²) in [6.07, 6.45) is 0.709. The van der Waals surface area contributed by atoms with E-state index in [1.165, 1.54) is 5.75 Å². The van der Waals surface area contributed by atoms with Gasteiger partial charge in [-0.05, 0) is 0 Å². The Hall–Kier alpha value is -0.0200. The maximum atomic E-state index is 11.8. The number of hydrogen-bond donors (Lipinski definition) is 0. The molecule has 0 N–H and O–H groups in total. The summed E-state index contributed by atoms with van der Waals surface area (Å²) in [6.45, 7) is 11.5. The minimum absolute atomic E-state index is 0.170. The first-order chi connectivity index (χ1) is 6.89. The molecule has 1 atom stereocenters. The van der Waals surface area contributed by atoms with Crippen LogP contribution >= 0.6 is 11.8 Å². The highest BCUT2D eigenvalue weighted by Gasteiger charge is 2.23. The molecule has 1 aliphatic heterocycles. The van der Waals surface area contributed by atoms with Gasteiger partial charge in [0.15, 0.2) is 0 Å². The summed E-state index contributed by atoms with van der Waals surface area (Å²) < 4.78 is 0. The van der Waals surface area contributed by atoms with Crippen molar-refractivity contribution in [3.8, 4) is 0 Å². The van der Waals surface area contributed by atoms with E-state index in [1.807, 2.05) is 32.5 Å². The molecule has 2 nitrogen and oxygen atoms in total. The second-order valence-corrected chi connectivity index (χ2v) is 6.95. The maximum Gasteiger partial charge on any atom is 0.139 e. The molecule has 0 amide bonds. The molecule has 88 valence electrons. The zero-order chi connectivity index (χ0) is 11.5. The molecule has 1 unspecified atom stereocenters. The van der Waals surface area contributed by atoms with E-state index >= 15 is 0 Å². The molecular formula is C12H23NOS. The van der Waals surface area contributed by atoms with Crippen LogP contribution in [0.5, 0.6) is 0 Å². The molecule has 0 aliphatic carbocycles. The van der Waals surface area contributed by atoms with E-state index in [0.717, 1.165) is 24.9 Å². The van der Waals surface area contributed by atoms with Crippen LogP contribution in [0, 0.1) is 5.41 Å². The number of ketones is 1. The molecule has 0 aromatic carbocycles. The fraction of sp³-hybridized carbons (Fsp3) is 0.917. The van der Waals surface area contributed by atoms with E-state index in [2.05, 4.69) is 11.8 Å². The Labute approximate surface area is 97.8 Å². The number of carbonyl (C=O) groups excluding carboxylic acids is 1. The zero-order valence-corrected chi connectivity index (χ0v) is 11.2. The molecule has 0 aromatic heterocycles. The van der Waals surface area contributed by atoms with Gasteiger partial charge in [-0.25, -0.2) is 0 Å². The molecule has 0 saturated carbocycles. The second kappa shape index (κ2) is 5.35. The lowest BCUT2D eigenvalue weighted by Crippen LogP contribution is -2.38. The van der Waals surface area contributed by atoms with Crippen molar-refractivity contribution in [2.45, 2.75) is 39.4 Å². The van der Waals surface area contributed by atoms with Crippen molar-refractivity contribution < 1.29 is 4.79 Å². The Kier molecular flexibility index (Phi) is 4.65. The minimum atomic E-state index is -0.170. The first-order valence-electron chi connectivity index (χ1n) is 5.77. The molecule has 0 bridgehead atoms. The molecule has 1 heterocycles. The first-order valence-corrected chi connectivity index (χ1v) is 6.82. The largest absolute Gasteiger partial charge is 0.301 e. The molecular weight excluding hydrogens is 206 g/mol. The Morgan fingerprint density at radius 3 is 2.67 bits per heavy atom. The van der Waals surface area contributed by atoms with Gasteiger partial charge in [-0.3, -0.25) is 4.79 Å². The Bertz CT molecular complexity index is 222. The Balaban J connectivity index is 2.28. The van der Waals surface area contributed by atoms with Crippen LogP contribution in [0.3, 0.4) is 0 Å². The van der Waals surface area contributed by atoms with Crippen molar-refractivity contribution in [1.29, 1.82) is 0 Å². The molecule has 1 rings (SSSR count). The van der Waals surface area contributed by atoms with E-state index in [9.17, 15) is 4.79 Å². The normalized spacial score (nSPS) is 24.1. The molecule has 3 heteroatoms. The van der Waals surface area contributed by atoms with Crippen LogP contribution in [0.25, 0.3) is 0 Å². The van der Waals surface area contributed by atoms with Gasteiger partial charge in [-0.2, -0.15) is 11.8 Å². The monoisotopic (exact) mass is 229 g/mol. The average Bonchev–Trinajstić information content (AvgIpc) is 2.12. The van der Waals surface area contributed by atoms with Gasteiger partial charge in [0, 0.05) is 42.5 Å². The van der Waals surface area contributed by atoms with Crippen LogP contribution in [0.4, 0.5) is 0 Å². The maximum absolute atomic E-state index is 11.8. The van der Waals surface area contributed by atoms with E-state index in [1.54, 1.807) is 0 Å². The Morgan fingerprint density at radius 2 is 2.13 bits per heavy atom. The van der Waals surface area contributed by atoms with Crippen LogP contribution in [-0.2, 0) is 4.79 Å². The molecule has 1 saturated heterocycles. The van der Waals surface area contributed by atoms with Gasteiger partial charge in [-0.15, -0.1) is 0 Å². The Morgan fingerprint density at radius 1 is 1.47 bits per heavy atom. The predicted octanol–water partition coefficient (Wildman–Crippen LogP) is 2.43. The minimum Gasteiger partial charge on any atom is -0.301 e. The number of Topliss-reactive ketones (excluding diaryl/α,β-unsaturated/α-hetero) is 1. The summed E-state index contributed by atoms with van der Waals surface area (Å²) in [6, 6.07) is 0. The van der Waals surface area contributed by atoms with E-state index in [4.69, 9.17) is 0 Å². The van der Waals surface area contributed by atoms with E-state index in [0.29, 0.717) is 12.2 Å². The van der Waals surface area contributed by atoms with Gasteiger partial charge < -0.3 is 4.90 Å². The molecule has 0 aromatic rings. The SMILES string of the molecule is CC1CN(CCC(=O)C(C)(C)C)CCS1. The van der Waals surface area contributed by atoms with Crippen LogP contribution in [0.15, 0.2) is 0 Å². The van der Waals surface area contributed by atoms with Gasteiger partial charge >= 0.3 is 0 Å². The molecule has 0 radical (unpaired) electrons. The quantitative estimate of drug-likeness (QED) is 0.741. The third kappa shape index (κ3) is 4.56. The smallest absolute Gasteiger partial charge is 0.139 e. The summed E-state index contributed by atoms with van der Waals surface area (Å²) in [4.78, 5) is 14.2. The van der Waals surface area contributed by atoms with Crippen molar-refractivity contribution in [3.05, 3.63) is 0 Å². The fourth-order valence-corrected chi connectivity index (χ4v) is 2.81. The lowest BCUT2D eigenvalue weighted by molar-refractivity contribution is -0.126. The van der Waals surface area contributed by atoms with Crippen LogP contribution < -0.4 is 0 Å². The van der Waals surface area contributed by atoms with Crippen molar-refractivity contribution in [2.75, 3.05) is 25.4 Å². The topological polar surface area (TPSA) is 20.3 Å².